The van der Waals surface area contributed by atoms with Gasteiger partial charge < -0.3 is 9.47 Å². The van der Waals surface area contributed by atoms with Crippen LogP contribution in [-0.2, 0) is 19.1 Å². The van der Waals surface area contributed by atoms with E-state index in [9.17, 15) is 9.59 Å². The summed E-state index contributed by atoms with van der Waals surface area (Å²) < 4.78 is 10.6. The Labute approximate surface area is 155 Å². The van der Waals surface area contributed by atoms with Crippen LogP contribution in [0.25, 0.3) is 0 Å². The Kier molecular flexibility index (Phi) is 11.8. The summed E-state index contributed by atoms with van der Waals surface area (Å²) >= 11 is 0. The average Bonchev–Trinajstić information content (AvgIpc) is 2.40. The Morgan fingerprint density at radius 3 is 1.00 bits per heavy atom. The fraction of sp³-hybridized carbons (Fsp3) is 0.905. The zero-order valence-electron chi connectivity index (χ0n) is 17.4. The van der Waals surface area contributed by atoms with E-state index >= 15 is 0 Å². The lowest BCUT2D eigenvalue weighted by molar-refractivity contribution is -0.156. The normalized spacial score (nSPS) is 12.1. The monoisotopic (exact) mass is 356 g/mol. The molecule has 0 saturated carbocycles. The lowest BCUT2D eigenvalue weighted by atomic mass is 10.1. The molecule has 0 fully saturated rings. The highest BCUT2D eigenvalue weighted by molar-refractivity contribution is 5.70. The molecule has 4 nitrogen and oxygen atoms in total. The van der Waals surface area contributed by atoms with Gasteiger partial charge in [0.05, 0.1) is 0 Å². The zero-order valence-corrected chi connectivity index (χ0v) is 17.4. The van der Waals surface area contributed by atoms with Crippen LogP contribution in [0.5, 0.6) is 0 Å². The van der Waals surface area contributed by atoms with E-state index in [1.807, 2.05) is 41.5 Å². The molecule has 0 saturated heterocycles. The maximum atomic E-state index is 11.6. The Morgan fingerprint density at radius 1 is 0.520 bits per heavy atom. The minimum absolute atomic E-state index is 0.0857. The Bertz CT molecular complexity index is 338. The minimum atomic E-state index is -0.374. The molecule has 0 bridgehead atoms. The van der Waals surface area contributed by atoms with Gasteiger partial charge in [0, 0.05) is 12.8 Å². The molecule has 0 aromatic carbocycles. The summed E-state index contributed by atoms with van der Waals surface area (Å²) in [7, 11) is 0. The van der Waals surface area contributed by atoms with Crippen LogP contribution in [0.3, 0.4) is 0 Å². The highest BCUT2D eigenvalue weighted by atomic mass is 16.6. The van der Waals surface area contributed by atoms with Gasteiger partial charge in [-0.05, 0) is 54.4 Å². The van der Waals surface area contributed by atoms with Gasteiger partial charge in [-0.25, -0.2) is 0 Å². The first kappa shape index (κ1) is 23.9. The molecular weight excluding hydrogens is 316 g/mol. The van der Waals surface area contributed by atoms with Crippen molar-refractivity contribution < 1.29 is 19.1 Å². The Balaban J connectivity index is 3.35. The fourth-order valence-corrected chi connectivity index (χ4v) is 2.56. The molecule has 0 aliphatic heterocycles. The quantitative estimate of drug-likeness (QED) is 0.320. The van der Waals surface area contributed by atoms with Crippen LogP contribution in [0.2, 0.25) is 0 Å². The summed E-state index contributed by atoms with van der Waals surface area (Å²) in [6.07, 6.45) is 11.1. The van der Waals surface area contributed by atoms with Crippen molar-refractivity contribution >= 4 is 11.9 Å². The third kappa shape index (κ3) is 19.1. The predicted octanol–water partition coefficient (Wildman–Crippen LogP) is 5.96. The number of hydrogen-bond donors (Lipinski definition) is 0. The van der Waals surface area contributed by atoms with Crippen LogP contribution < -0.4 is 0 Å². The smallest absolute Gasteiger partial charge is 0.306 e. The molecule has 0 aromatic heterocycles. The van der Waals surface area contributed by atoms with Gasteiger partial charge >= 0.3 is 11.9 Å². The highest BCUT2D eigenvalue weighted by Gasteiger charge is 2.16. The third-order valence-electron chi connectivity index (χ3n) is 3.60. The first-order valence-electron chi connectivity index (χ1n) is 9.93. The van der Waals surface area contributed by atoms with Crippen molar-refractivity contribution in [1.82, 2.24) is 0 Å². The summed E-state index contributed by atoms with van der Waals surface area (Å²) in [5.41, 5.74) is -0.749. The van der Waals surface area contributed by atoms with E-state index in [2.05, 4.69) is 0 Å². The molecule has 0 heterocycles. The SMILES string of the molecule is CC(C)(C)OC(=O)CCCCCCCCCCCC(=O)OC(C)(C)C. The van der Waals surface area contributed by atoms with Crippen molar-refractivity contribution in [2.45, 2.75) is 123 Å². The Morgan fingerprint density at radius 2 is 0.760 bits per heavy atom. The molecule has 4 heteroatoms. The minimum Gasteiger partial charge on any atom is -0.460 e. The average molecular weight is 357 g/mol. The predicted molar refractivity (Wildman–Crippen MR) is 102 cm³/mol. The summed E-state index contributed by atoms with van der Waals surface area (Å²) in [5, 5.41) is 0. The van der Waals surface area contributed by atoms with Gasteiger partial charge in [0.1, 0.15) is 11.2 Å². The van der Waals surface area contributed by atoms with E-state index in [0.717, 1.165) is 25.7 Å². The first-order chi connectivity index (χ1) is 11.5. The highest BCUT2D eigenvalue weighted by Crippen LogP contribution is 2.14. The van der Waals surface area contributed by atoms with E-state index in [4.69, 9.17) is 9.47 Å². The maximum Gasteiger partial charge on any atom is 0.306 e. The molecule has 0 rings (SSSR count). The topological polar surface area (TPSA) is 52.6 Å². The largest absolute Gasteiger partial charge is 0.460 e. The lowest BCUT2D eigenvalue weighted by Gasteiger charge is -2.19. The van der Waals surface area contributed by atoms with Gasteiger partial charge in [-0.2, -0.15) is 0 Å². The van der Waals surface area contributed by atoms with Gasteiger partial charge in [-0.1, -0.05) is 44.9 Å². The van der Waals surface area contributed by atoms with E-state index in [0.29, 0.717) is 12.8 Å². The van der Waals surface area contributed by atoms with Crippen molar-refractivity contribution in [3.8, 4) is 0 Å². The summed E-state index contributed by atoms with van der Waals surface area (Å²) in [4.78, 5) is 23.1. The number of hydrogen-bond acceptors (Lipinski definition) is 4. The van der Waals surface area contributed by atoms with Crippen molar-refractivity contribution in [3.63, 3.8) is 0 Å². The number of esters is 2. The number of carbonyl (C=O) groups excluding carboxylic acids is 2. The standard InChI is InChI=1S/C21H40O4/c1-20(2,3)24-18(22)16-14-12-10-8-7-9-11-13-15-17-19(23)25-21(4,5)6/h7-17H2,1-6H3. The molecule has 25 heavy (non-hydrogen) atoms. The van der Waals surface area contributed by atoms with Crippen LogP contribution in [-0.4, -0.2) is 23.1 Å². The van der Waals surface area contributed by atoms with Crippen molar-refractivity contribution in [2.75, 3.05) is 0 Å². The van der Waals surface area contributed by atoms with Crippen molar-refractivity contribution in [2.24, 2.45) is 0 Å². The molecule has 0 amide bonds. The molecular formula is C21H40O4. The number of ether oxygens (including phenoxy) is 2. The molecule has 0 radical (unpaired) electrons. The molecule has 0 spiro atoms. The lowest BCUT2D eigenvalue weighted by Crippen LogP contribution is -2.23. The van der Waals surface area contributed by atoms with Crippen molar-refractivity contribution in [1.29, 1.82) is 0 Å². The molecule has 0 aromatic rings. The molecule has 0 aliphatic carbocycles. The number of carbonyl (C=O) groups is 2. The summed E-state index contributed by atoms with van der Waals surface area (Å²) in [6, 6.07) is 0. The second kappa shape index (κ2) is 12.3. The zero-order chi connectivity index (χ0) is 19.3. The Hall–Kier alpha value is -1.06. The van der Waals surface area contributed by atoms with Crippen molar-refractivity contribution in [3.05, 3.63) is 0 Å². The first-order valence-corrected chi connectivity index (χ1v) is 9.93. The molecule has 0 N–H and O–H groups in total. The molecule has 148 valence electrons. The van der Waals surface area contributed by atoms with E-state index in [1.165, 1.54) is 32.1 Å². The van der Waals surface area contributed by atoms with E-state index in [-0.39, 0.29) is 23.1 Å². The van der Waals surface area contributed by atoms with Gasteiger partial charge in [-0.15, -0.1) is 0 Å². The third-order valence-corrected chi connectivity index (χ3v) is 3.60. The second-order valence-electron chi connectivity index (χ2n) is 8.85. The van der Waals surface area contributed by atoms with Gasteiger partial charge in [0.25, 0.3) is 0 Å². The fourth-order valence-electron chi connectivity index (χ4n) is 2.56. The molecule has 0 unspecified atom stereocenters. The summed E-state index contributed by atoms with van der Waals surface area (Å²) in [6.45, 7) is 11.4. The van der Waals surface area contributed by atoms with Gasteiger partial charge in [0.15, 0.2) is 0 Å². The number of unbranched alkanes of at least 4 members (excludes halogenated alkanes) is 8. The van der Waals surface area contributed by atoms with Crippen LogP contribution in [0.1, 0.15) is 112 Å². The molecule has 0 atom stereocenters. The molecule has 0 aliphatic rings. The van der Waals surface area contributed by atoms with E-state index in [1.54, 1.807) is 0 Å². The number of rotatable bonds is 12. The van der Waals surface area contributed by atoms with Crippen LogP contribution in [0.15, 0.2) is 0 Å². The van der Waals surface area contributed by atoms with Crippen LogP contribution >= 0.6 is 0 Å². The van der Waals surface area contributed by atoms with Crippen LogP contribution in [0.4, 0.5) is 0 Å². The maximum absolute atomic E-state index is 11.6. The van der Waals surface area contributed by atoms with Gasteiger partial charge in [-0.3, -0.25) is 9.59 Å². The van der Waals surface area contributed by atoms with E-state index < -0.39 is 0 Å². The summed E-state index contributed by atoms with van der Waals surface area (Å²) in [5.74, 6) is -0.171. The van der Waals surface area contributed by atoms with Gasteiger partial charge in [0.2, 0.25) is 0 Å². The van der Waals surface area contributed by atoms with Crippen LogP contribution in [0, 0.1) is 0 Å². The second-order valence-corrected chi connectivity index (χ2v) is 8.85.